The number of unbranched alkanes of at least 4 members (excludes halogenated alkanes) is 3. The Morgan fingerprint density at radius 3 is 2.23 bits per heavy atom. The number of ether oxygens (including phenoxy) is 2. The van der Waals surface area contributed by atoms with E-state index in [9.17, 15) is 0 Å². The molecule has 3 aromatic rings. The molecule has 1 aliphatic rings. The van der Waals surface area contributed by atoms with Crippen molar-refractivity contribution in [1.82, 2.24) is 0 Å². The minimum atomic E-state index is 0.117. The molecule has 1 aliphatic carbocycles. The Balaban J connectivity index is 1.58. The van der Waals surface area contributed by atoms with Crippen LogP contribution >= 0.6 is 0 Å². The van der Waals surface area contributed by atoms with Crippen molar-refractivity contribution < 1.29 is 9.47 Å². The smallest absolute Gasteiger partial charge is 0.123 e. The molecule has 0 heterocycles. The average molecular weight is 539 g/mol. The minimum Gasteiger partial charge on any atom is -0.489 e. The first-order chi connectivity index (χ1) is 19.5. The summed E-state index contributed by atoms with van der Waals surface area (Å²) in [5.41, 5.74) is 5.27. The lowest BCUT2D eigenvalue weighted by atomic mass is 9.71. The predicted molar refractivity (Wildman–Crippen MR) is 169 cm³/mol. The Bertz CT molecular complexity index is 1150. The molecule has 4 rings (SSSR count). The van der Waals surface area contributed by atoms with Crippen LogP contribution in [0.5, 0.6) is 5.75 Å². The van der Waals surface area contributed by atoms with E-state index in [1.54, 1.807) is 0 Å². The third-order valence-corrected chi connectivity index (χ3v) is 8.83. The highest BCUT2D eigenvalue weighted by Crippen LogP contribution is 2.45. The Hall–Kier alpha value is -2.84. The maximum absolute atomic E-state index is 6.68. The van der Waals surface area contributed by atoms with Gasteiger partial charge < -0.3 is 9.47 Å². The van der Waals surface area contributed by atoms with Gasteiger partial charge in [0.05, 0.1) is 12.7 Å². The number of hydrogen-bond acceptors (Lipinski definition) is 2. The summed E-state index contributed by atoms with van der Waals surface area (Å²) in [7, 11) is 0. The highest BCUT2D eigenvalue weighted by atomic mass is 16.5. The fraction of sp³-hybridized carbons (Fsp3) is 0.474. The van der Waals surface area contributed by atoms with E-state index in [2.05, 4.69) is 112 Å². The first kappa shape index (κ1) is 30.1. The molecule has 214 valence electrons. The molecule has 0 N–H and O–H groups in total. The van der Waals surface area contributed by atoms with E-state index in [-0.39, 0.29) is 11.5 Å². The van der Waals surface area contributed by atoms with E-state index in [1.165, 1.54) is 54.4 Å². The van der Waals surface area contributed by atoms with E-state index in [1.807, 2.05) is 0 Å². The van der Waals surface area contributed by atoms with Crippen molar-refractivity contribution in [3.05, 3.63) is 114 Å². The van der Waals surface area contributed by atoms with E-state index in [0.29, 0.717) is 25.0 Å². The van der Waals surface area contributed by atoms with Gasteiger partial charge in [0.25, 0.3) is 0 Å². The molecule has 0 radical (unpaired) electrons. The molecule has 0 spiro atoms. The maximum atomic E-state index is 6.68. The van der Waals surface area contributed by atoms with Gasteiger partial charge in [-0.05, 0) is 77.7 Å². The van der Waals surface area contributed by atoms with Crippen molar-refractivity contribution in [2.24, 2.45) is 5.92 Å². The van der Waals surface area contributed by atoms with E-state index in [4.69, 9.17) is 9.47 Å². The van der Waals surface area contributed by atoms with Crippen LogP contribution in [0.4, 0.5) is 0 Å². The monoisotopic (exact) mass is 538 g/mol. The Labute approximate surface area is 243 Å². The van der Waals surface area contributed by atoms with Crippen LogP contribution in [0.3, 0.4) is 0 Å². The summed E-state index contributed by atoms with van der Waals surface area (Å²) in [6, 6.07) is 28.2. The standard InChI is InChI=1S/C38H50O2/c1-5-7-8-15-25-38(3,4)33-22-24-35(37(26-33)40-29-31-19-13-10-14-20-31)36-27-34(23-21-32(36)16-6-2)39-28-30-17-11-9-12-18-30/h6,9-14,17-20,22,24,26,32,34,36H,2,5,7-8,15-16,21,23,25,27-29H2,1,3-4H3/t32-,34-,36-/m1/s1. The second kappa shape index (κ2) is 15.2. The summed E-state index contributed by atoms with van der Waals surface area (Å²) in [5.74, 6) is 1.99. The molecule has 0 aromatic heterocycles. The maximum Gasteiger partial charge on any atom is 0.123 e. The van der Waals surface area contributed by atoms with Crippen LogP contribution in [0.15, 0.2) is 91.5 Å². The van der Waals surface area contributed by atoms with Gasteiger partial charge in [-0.1, -0.05) is 125 Å². The second-order valence-electron chi connectivity index (χ2n) is 12.3. The second-order valence-corrected chi connectivity index (χ2v) is 12.3. The normalized spacial score (nSPS) is 19.3. The zero-order valence-electron chi connectivity index (χ0n) is 25.1. The summed E-state index contributed by atoms with van der Waals surface area (Å²) in [5, 5.41) is 0. The molecule has 1 saturated carbocycles. The SMILES string of the molecule is C=CC[C@@H]1CC[C@@H](OCc2ccccc2)C[C@H]1c1ccc(C(C)(C)CCCCCC)cc1OCc1ccccc1. The third-order valence-electron chi connectivity index (χ3n) is 8.83. The zero-order valence-corrected chi connectivity index (χ0v) is 25.1. The fourth-order valence-electron chi connectivity index (χ4n) is 6.27. The Morgan fingerprint density at radius 2 is 1.55 bits per heavy atom. The first-order valence-corrected chi connectivity index (χ1v) is 15.6. The molecule has 0 unspecified atom stereocenters. The lowest BCUT2D eigenvalue weighted by Crippen LogP contribution is -2.29. The lowest BCUT2D eigenvalue weighted by Gasteiger charge is -2.37. The molecular weight excluding hydrogens is 488 g/mol. The average Bonchev–Trinajstić information content (AvgIpc) is 2.99. The molecule has 3 atom stereocenters. The highest BCUT2D eigenvalue weighted by Gasteiger charge is 2.34. The van der Waals surface area contributed by atoms with Crippen LogP contribution in [0.25, 0.3) is 0 Å². The quantitative estimate of drug-likeness (QED) is 0.141. The van der Waals surface area contributed by atoms with Crippen LogP contribution in [-0.4, -0.2) is 6.10 Å². The molecule has 2 heteroatoms. The largest absolute Gasteiger partial charge is 0.489 e. The summed E-state index contributed by atoms with van der Waals surface area (Å²) in [6.45, 7) is 12.4. The van der Waals surface area contributed by atoms with Crippen molar-refractivity contribution in [3.8, 4) is 5.75 Å². The van der Waals surface area contributed by atoms with Crippen molar-refractivity contribution >= 4 is 0 Å². The van der Waals surface area contributed by atoms with E-state index >= 15 is 0 Å². The number of rotatable bonds is 15. The predicted octanol–water partition coefficient (Wildman–Crippen LogP) is 10.6. The van der Waals surface area contributed by atoms with Gasteiger partial charge in [0.2, 0.25) is 0 Å². The van der Waals surface area contributed by atoms with Gasteiger partial charge in [-0.15, -0.1) is 6.58 Å². The van der Waals surface area contributed by atoms with Gasteiger partial charge in [-0.3, -0.25) is 0 Å². The number of benzene rings is 3. The minimum absolute atomic E-state index is 0.117. The lowest BCUT2D eigenvalue weighted by molar-refractivity contribution is -0.000315. The van der Waals surface area contributed by atoms with Crippen molar-refractivity contribution in [3.63, 3.8) is 0 Å². The summed E-state index contributed by atoms with van der Waals surface area (Å²) >= 11 is 0. The molecular formula is C38H50O2. The van der Waals surface area contributed by atoms with Crippen LogP contribution in [-0.2, 0) is 23.4 Å². The molecule has 2 nitrogen and oxygen atoms in total. The van der Waals surface area contributed by atoms with Crippen LogP contribution < -0.4 is 4.74 Å². The summed E-state index contributed by atoms with van der Waals surface area (Å²) in [4.78, 5) is 0. The molecule has 3 aromatic carbocycles. The van der Waals surface area contributed by atoms with E-state index < -0.39 is 0 Å². The molecule has 0 amide bonds. The van der Waals surface area contributed by atoms with Crippen LogP contribution in [0.1, 0.15) is 107 Å². The van der Waals surface area contributed by atoms with E-state index in [0.717, 1.165) is 31.4 Å². The summed E-state index contributed by atoms with van der Waals surface area (Å²) in [6.07, 6.45) is 13.0. The Kier molecular flexibility index (Phi) is 11.5. The molecule has 40 heavy (non-hydrogen) atoms. The van der Waals surface area contributed by atoms with Gasteiger partial charge in [-0.2, -0.15) is 0 Å². The van der Waals surface area contributed by atoms with Gasteiger partial charge in [-0.25, -0.2) is 0 Å². The summed E-state index contributed by atoms with van der Waals surface area (Å²) < 4.78 is 13.2. The van der Waals surface area contributed by atoms with Crippen molar-refractivity contribution in [2.45, 2.75) is 109 Å². The Morgan fingerprint density at radius 1 is 0.850 bits per heavy atom. The van der Waals surface area contributed by atoms with Crippen LogP contribution in [0.2, 0.25) is 0 Å². The molecule has 0 saturated heterocycles. The zero-order chi connectivity index (χ0) is 28.2. The van der Waals surface area contributed by atoms with Gasteiger partial charge >= 0.3 is 0 Å². The third kappa shape index (κ3) is 8.58. The van der Waals surface area contributed by atoms with Crippen molar-refractivity contribution in [1.29, 1.82) is 0 Å². The molecule has 1 fully saturated rings. The highest BCUT2D eigenvalue weighted by molar-refractivity contribution is 5.43. The van der Waals surface area contributed by atoms with Crippen molar-refractivity contribution in [2.75, 3.05) is 0 Å². The number of allylic oxidation sites excluding steroid dienone is 1. The van der Waals surface area contributed by atoms with Gasteiger partial charge in [0.15, 0.2) is 0 Å². The van der Waals surface area contributed by atoms with Gasteiger partial charge in [0, 0.05) is 0 Å². The molecule has 0 aliphatic heterocycles. The van der Waals surface area contributed by atoms with Gasteiger partial charge in [0.1, 0.15) is 12.4 Å². The molecule has 0 bridgehead atoms. The topological polar surface area (TPSA) is 18.5 Å². The fourth-order valence-corrected chi connectivity index (χ4v) is 6.27. The first-order valence-electron chi connectivity index (χ1n) is 15.6. The number of hydrogen-bond donors (Lipinski definition) is 0. The van der Waals surface area contributed by atoms with Crippen LogP contribution in [0, 0.1) is 5.92 Å².